The van der Waals surface area contributed by atoms with E-state index >= 15 is 0 Å². The third kappa shape index (κ3) is 4.08. The quantitative estimate of drug-likeness (QED) is 0.490. The molecule has 1 N–H and O–H groups in total. The van der Waals surface area contributed by atoms with E-state index in [4.69, 9.17) is 4.74 Å². The molecule has 0 radical (unpaired) electrons. The van der Waals surface area contributed by atoms with Crippen LogP contribution in [0.25, 0.3) is 21.5 Å². The van der Waals surface area contributed by atoms with Crippen LogP contribution in [0.4, 0.5) is 5.69 Å². The number of thiazole rings is 2. The van der Waals surface area contributed by atoms with Crippen LogP contribution in [0.15, 0.2) is 53.4 Å². The summed E-state index contributed by atoms with van der Waals surface area (Å²) in [6.07, 6.45) is 0. The first-order chi connectivity index (χ1) is 13.6. The molecular formula is C20H15N3O3S2. The van der Waals surface area contributed by atoms with Crippen molar-refractivity contribution in [2.75, 3.05) is 11.9 Å². The Balaban J connectivity index is 1.37. The number of rotatable bonds is 5. The predicted molar refractivity (Wildman–Crippen MR) is 111 cm³/mol. The largest absolute Gasteiger partial charge is 0.452 e. The molecule has 2 heterocycles. The molecule has 6 nitrogen and oxygen atoms in total. The van der Waals surface area contributed by atoms with Gasteiger partial charge >= 0.3 is 5.97 Å². The molecule has 0 saturated heterocycles. The molecule has 1 amide bonds. The number of aromatic nitrogens is 2. The van der Waals surface area contributed by atoms with Gasteiger partial charge in [-0.25, -0.2) is 14.8 Å². The molecule has 2 aromatic carbocycles. The fraction of sp³-hybridized carbons (Fsp3) is 0.100. The smallest absolute Gasteiger partial charge is 0.338 e. The van der Waals surface area contributed by atoms with Gasteiger partial charge < -0.3 is 10.1 Å². The summed E-state index contributed by atoms with van der Waals surface area (Å²) in [5.41, 5.74) is 5.34. The van der Waals surface area contributed by atoms with E-state index in [1.807, 2.05) is 30.5 Å². The Morgan fingerprint density at radius 3 is 2.86 bits per heavy atom. The molecular weight excluding hydrogens is 394 g/mol. The van der Waals surface area contributed by atoms with Crippen LogP contribution in [0.2, 0.25) is 0 Å². The lowest BCUT2D eigenvalue weighted by Gasteiger charge is -2.08. The predicted octanol–water partition coefficient (Wildman–Crippen LogP) is 4.52. The second kappa shape index (κ2) is 7.87. The van der Waals surface area contributed by atoms with Gasteiger partial charge in [-0.1, -0.05) is 12.1 Å². The maximum atomic E-state index is 12.2. The lowest BCUT2D eigenvalue weighted by atomic mass is 10.1. The zero-order valence-corrected chi connectivity index (χ0v) is 16.5. The number of aryl methyl sites for hydroxylation is 1. The summed E-state index contributed by atoms with van der Waals surface area (Å²) in [6.45, 7) is 1.58. The Labute approximate surface area is 168 Å². The highest BCUT2D eigenvalue weighted by Gasteiger charge is 2.12. The lowest BCUT2D eigenvalue weighted by Crippen LogP contribution is -2.20. The van der Waals surface area contributed by atoms with Crippen molar-refractivity contribution in [3.05, 3.63) is 63.9 Å². The van der Waals surface area contributed by atoms with Crippen LogP contribution >= 0.6 is 22.7 Å². The molecule has 0 bridgehead atoms. The number of nitrogens with one attached hydrogen (secondary N) is 1. The van der Waals surface area contributed by atoms with Crippen molar-refractivity contribution in [1.82, 2.24) is 9.97 Å². The highest BCUT2D eigenvalue weighted by molar-refractivity contribution is 7.16. The summed E-state index contributed by atoms with van der Waals surface area (Å²) in [7, 11) is 0. The van der Waals surface area contributed by atoms with Crippen LogP contribution in [0.3, 0.4) is 0 Å². The van der Waals surface area contributed by atoms with Crippen LogP contribution < -0.4 is 5.32 Å². The standard InChI is InChI=1S/C20H15N3O3S2/c1-12-22-17(10-27-12)13-3-2-4-15(7-13)23-19(24)9-26-20(25)14-5-6-16-18(8-14)28-11-21-16/h2-8,10-11H,9H2,1H3,(H,23,24). The molecule has 28 heavy (non-hydrogen) atoms. The van der Waals surface area contributed by atoms with Gasteiger partial charge in [-0.2, -0.15) is 0 Å². The Bertz CT molecular complexity index is 1170. The SMILES string of the molecule is Cc1nc(-c2cccc(NC(=O)COC(=O)c3ccc4ncsc4c3)c2)cs1. The zero-order chi connectivity index (χ0) is 19.5. The van der Waals surface area contributed by atoms with Crippen molar-refractivity contribution in [3.63, 3.8) is 0 Å². The summed E-state index contributed by atoms with van der Waals surface area (Å²) < 4.78 is 6.02. The van der Waals surface area contributed by atoms with Gasteiger partial charge in [-0.05, 0) is 37.3 Å². The number of nitrogens with zero attached hydrogens (tertiary/aromatic N) is 2. The van der Waals surface area contributed by atoms with Gasteiger partial charge in [0, 0.05) is 16.6 Å². The average molecular weight is 409 g/mol. The number of esters is 1. The van der Waals surface area contributed by atoms with Gasteiger partial charge in [0.1, 0.15) is 0 Å². The maximum absolute atomic E-state index is 12.2. The van der Waals surface area contributed by atoms with Crippen molar-refractivity contribution < 1.29 is 14.3 Å². The molecule has 0 aliphatic carbocycles. The van der Waals surface area contributed by atoms with Crippen LogP contribution in [-0.2, 0) is 9.53 Å². The van der Waals surface area contributed by atoms with Gasteiger partial charge in [0.25, 0.3) is 5.91 Å². The topological polar surface area (TPSA) is 81.2 Å². The molecule has 8 heteroatoms. The van der Waals surface area contributed by atoms with E-state index in [0.717, 1.165) is 26.5 Å². The van der Waals surface area contributed by atoms with Gasteiger partial charge in [-0.15, -0.1) is 22.7 Å². The second-order valence-electron chi connectivity index (χ2n) is 5.99. The molecule has 4 rings (SSSR count). The molecule has 4 aromatic rings. The summed E-state index contributed by atoms with van der Waals surface area (Å²) in [6, 6.07) is 12.5. The minimum absolute atomic E-state index is 0.362. The Morgan fingerprint density at radius 2 is 2.04 bits per heavy atom. The summed E-state index contributed by atoms with van der Waals surface area (Å²) in [5.74, 6) is -0.948. The van der Waals surface area contributed by atoms with Gasteiger partial charge in [0.05, 0.1) is 32.0 Å². The van der Waals surface area contributed by atoms with Crippen LogP contribution in [-0.4, -0.2) is 28.5 Å². The minimum Gasteiger partial charge on any atom is -0.452 e. The molecule has 0 saturated carbocycles. The fourth-order valence-corrected chi connectivity index (χ4v) is 3.98. The zero-order valence-electron chi connectivity index (χ0n) is 14.8. The van der Waals surface area contributed by atoms with E-state index in [1.54, 1.807) is 41.1 Å². The summed E-state index contributed by atoms with van der Waals surface area (Å²) >= 11 is 3.01. The monoisotopic (exact) mass is 409 g/mol. The van der Waals surface area contributed by atoms with E-state index in [0.29, 0.717) is 11.3 Å². The molecule has 0 atom stereocenters. The Hall–Kier alpha value is -3.10. The number of anilines is 1. The Kier molecular flexibility index (Phi) is 5.14. The van der Waals surface area contributed by atoms with Gasteiger partial charge in [0.2, 0.25) is 0 Å². The van der Waals surface area contributed by atoms with Crippen molar-refractivity contribution >= 4 is 50.5 Å². The molecule has 140 valence electrons. The van der Waals surface area contributed by atoms with E-state index in [2.05, 4.69) is 15.3 Å². The van der Waals surface area contributed by atoms with E-state index in [1.165, 1.54) is 11.3 Å². The van der Waals surface area contributed by atoms with E-state index in [9.17, 15) is 9.59 Å². The first-order valence-corrected chi connectivity index (χ1v) is 10.2. The first kappa shape index (κ1) is 18.3. The number of ether oxygens (including phenoxy) is 1. The second-order valence-corrected chi connectivity index (χ2v) is 7.94. The molecule has 0 aliphatic heterocycles. The summed E-state index contributed by atoms with van der Waals surface area (Å²) in [4.78, 5) is 33.0. The van der Waals surface area contributed by atoms with Crippen molar-refractivity contribution in [1.29, 1.82) is 0 Å². The first-order valence-electron chi connectivity index (χ1n) is 8.41. The summed E-state index contributed by atoms with van der Waals surface area (Å²) in [5, 5.41) is 5.69. The van der Waals surface area contributed by atoms with Gasteiger partial charge in [0.15, 0.2) is 6.61 Å². The molecule has 0 unspecified atom stereocenters. The highest BCUT2D eigenvalue weighted by atomic mass is 32.1. The Morgan fingerprint density at radius 1 is 1.14 bits per heavy atom. The number of benzene rings is 2. The van der Waals surface area contributed by atoms with Crippen LogP contribution in [0.1, 0.15) is 15.4 Å². The molecule has 0 aliphatic rings. The van der Waals surface area contributed by atoms with Gasteiger partial charge in [-0.3, -0.25) is 4.79 Å². The molecule has 2 aromatic heterocycles. The maximum Gasteiger partial charge on any atom is 0.338 e. The number of hydrogen-bond acceptors (Lipinski definition) is 7. The van der Waals surface area contributed by atoms with Crippen LogP contribution in [0.5, 0.6) is 0 Å². The highest BCUT2D eigenvalue weighted by Crippen LogP contribution is 2.24. The van der Waals surface area contributed by atoms with Crippen molar-refractivity contribution in [2.45, 2.75) is 6.92 Å². The number of hydrogen-bond donors (Lipinski definition) is 1. The number of carbonyl (C=O) groups is 2. The van der Waals surface area contributed by atoms with Crippen LogP contribution in [0, 0.1) is 6.92 Å². The fourth-order valence-electron chi connectivity index (χ4n) is 2.65. The van der Waals surface area contributed by atoms with Crippen molar-refractivity contribution in [3.8, 4) is 11.3 Å². The third-order valence-corrected chi connectivity index (χ3v) is 5.53. The molecule has 0 spiro atoms. The number of fused-ring (bicyclic) bond motifs is 1. The van der Waals surface area contributed by atoms with Crippen molar-refractivity contribution in [2.24, 2.45) is 0 Å². The van der Waals surface area contributed by atoms with E-state index in [-0.39, 0.29) is 6.61 Å². The minimum atomic E-state index is -0.544. The number of carbonyl (C=O) groups excluding carboxylic acids is 2. The lowest BCUT2D eigenvalue weighted by molar-refractivity contribution is -0.119. The molecule has 0 fully saturated rings. The normalized spacial score (nSPS) is 10.8. The average Bonchev–Trinajstić information content (AvgIpc) is 3.34. The van der Waals surface area contributed by atoms with E-state index < -0.39 is 11.9 Å². The third-order valence-electron chi connectivity index (χ3n) is 3.96. The number of amides is 1.